The van der Waals surface area contributed by atoms with E-state index in [0.29, 0.717) is 23.8 Å². The third-order valence-corrected chi connectivity index (χ3v) is 4.36. The molecule has 1 aromatic rings. The number of hydrogen-bond acceptors (Lipinski definition) is 3. The fourth-order valence-electron chi connectivity index (χ4n) is 2.97. The SMILES string of the molecule is CCN(CC)C(=O)C1=C(C)NC(=S)N[C@H]1c1ccccc1OC(C)C. The van der Waals surface area contributed by atoms with Crippen LogP contribution < -0.4 is 15.4 Å². The van der Waals surface area contributed by atoms with Crippen LogP contribution in [0.5, 0.6) is 5.75 Å². The van der Waals surface area contributed by atoms with Crippen LogP contribution >= 0.6 is 12.2 Å². The van der Waals surface area contributed by atoms with E-state index in [1.165, 1.54) is 0 Å². The smallest absolute Gasteiger partial charge is 0.253 e. The van der Waals surface area contributed by atoms with Crippen LogP contribution in [0.4, 0.5) is 0 Å². The van der Waals surface area contributed by atoms with E-state index in [2.05, 4.69) is 10.6 Å². The number of para-hydroxylation sites is 1. The largest absolute Gasteiger partial charge is 0.491 e. The van der Waals surface area contributed by atoms with Crippen LogP contribution in [0.2, 0.25) is 0 Å². The van der Waals surface area contributed by atoms with Crippen molar-refractivity contribution in [3.8, 4) is 5.75 Å². The van der Waals surface area contributed by atoms with Gasteiger partial charge in [-0.15, -0.1) is 0 Å². The Morgan fingerprint density at radius 1 is 1.28 bits per heavy atom. The van der Waals surface area contributed by atoms with Crippen molar-refractivity contribution >= 4 is 23.2 Å². The summed E-state index contributed by atoms with van der Waals surface area (Å²) in [6, 6.07) is 7.45. The number of nitrogens with one attached hydrogen (secondary N) is 2. The summed E-state index contributed by atoms with van der Waals surface area (Å²) in [6.45, 7) is 11.1. The van der Waals surface area contributed by atoms with Gasteiger partial charge in [0.05, 0.1) is 17.7 Å². The number of ether oxygens (including phenoxy) is 1. The summed E-state index contributed by atoms with van der Waals surface area (Å²) < 4.78 is 5.96. The van der Waals surface area contributed by atoms with Gasteiger partial charge in [-0.05, 0) is 52.9 Å². The first-order valence-electron chi connectivity index (χ1n) is 8.72. The molecule has 0 spiro atoms. The second kappa shape index (κ2) is 8.34. The minimum absolute atomic E-state index is 0.00866. The van der Waals surface area contributed by atoms with E-state index in [-0.39, 0.29) is 18.1 Å². The minimum atomic E-state index is -0.336. The van der Waals surface area contributed by atoms with Crippen LogP contribution in [-0.2, 0) is 4.79 Å². The summed E-state index contributed by atoms with van der Waals surface area (Å²) in [5.41, 5.74) is 2.37. The van der Waals surface area contributed by atoms with Gasteiger partial charge in [-0.1, -0.05) is 18.2 Å². The maximum atomic E-state index is 13.1. The first-order valence-corrected chi connectivity index (χ1v) is 9.12. The summed E-state index contributed by atoms with van der Waals surface area (Å²) in [7, 11) is 0. The Hall–Kier alpha value is -2.08. The Kier molecular flexibility index (Phi) is 6.42. The van der Waals surface area contributed by atoms with Crippen molar-refractivity contribution in [1.29, 1.82) is 0 Å². The van der Waals surface area contributed by atoms with Crippen molar-refractivity contribution in [2.75, 3.05) is 13.1 Å². The van der Waals surface area contributed by atoms with Gasteiger partial charge < -0.3 is 20.3 Å². The first kappa shape index (κ1) is 19.2. The van der Waals surface area contributed by atoms with Crippen LogP contribution in [-0.4, -0.2) is 35.1 Å². The molecule has 2 N–H and O–H groups in total. The van der Waals surface area contributed by atoms with E-state index in [4.69, 9.17) is 17.0 Å². The zero-order chi connectivity index (χ0) is 18.6. The van der Waals surface area contributed by atoms with Gasteiger partial charge in [0.2, 0.25) is 0 Å². The highest BCUT2D eigenvalue weighted by molar-refractivity contribution is 7.80. The topological polar surface area (TPSA) is 53.6 Å². The lowest BCUT2D eigenvalue weighted by Gasteiger charge is -2.33. The predicted octanol–water partition coefficient (Wildman–Crippen LogP) is 3.14. The van der Waals surface area contributed by atoms with Gasteiger partial charge in [0.15, 0.2) is 5.11 Å². The number of rotatable bonds is 6. The standard InChI is InChI=1S/C19H27N3O2S/c1-6-22(7-2)18(23)16-13(5)20-19(25)21-17(16)14-10-8-9-11-15(14)24-12(3)4/h8-12,17H,6-7H2,1-5H3,(H2,20,21,25)/t17-/m0/s1. The maximum Gasteiger partial charge on any atom is 0.253 e. The predicted molar refractivity (Wildman–Crippen MR) is 104 cm³/mol. The fourth-order valence-corrected chi connectivity index (χ4v) is 3.24. The van der Waals surface area contributed by atoms with E-state index in [9.17, 15) is 4.79 Å². The van der Waals surface area contributed by atoms with Gasteiger partial charge in [0.1, 0.15) is 5.75 Å². The molecule has 0 saturated carbocycles. The number of carbonyl (C=O) groups is 1. The number of hydrogen-bond donors (Lipinski definition) is 2. The molecule has 1 heterocycles. The zero-order valence-electron chi connectivity index (χ0n) is 15.6. The number of thiocarbonyl (C=S) groups is 1. The van der Waals surface area contributed by atoms with Crippen LogP contribution in [0.15, 0.2) is 35.5 Å². The number of carbonyl (C=O) groups excluding carboxylic acids is 1. The van der Waals surface area contributed by atoms with E-state index < -0.39 is 0 Å². The fraction of sp³-hybridized carbons (Fsp3) is 0.474. The lowest BCUT2D eigenvalue weighted by atomic mass is 9.93. The molecule has 0 aliphatic carbocycles. The third-order valence-electron chi connectivity index (χ3n) is 4.14. The van der Waals surface area contributed by atoms with E-state index in [0.717, 1.165) is 17.0 Å². The number of benzene rings is 1. The van der Waals surface area contributed by atoms with Crippen LogP contribution in [0.1, 0.15) is 46.2 Å². The summed E-state index contributed by atoms with van der Waals surface area (Å²) >= 11 is 5.33. The molecule has 6 heteroatoms. The molecule has 0 unspecified atom stereocenters. The molecule has 136 valence electrons. The van der Waals surface area contributed by atoms with Crippen LogP contribution in [0.3, 0.4) is 0 Å². The molecule has 1 aliphatic heterocycles. The van der Waals surface area contributed by atoms with Crippen molar-refractivity contribution < 1.29 is 9.53 Å². The average Bonchev–Trinajstić information content (AvgIpc) is 2.55. The van der Waals surface area contributed by atoms with Gasteiger partial charge in [-0.25, -0.2) is 0 Å². The summed E-state index contributed by atoms with van der Waals surface area (Å²) in [5.74, 6) is 0.770. The highest BCUT2D eigenvalue weighted by Gasteiger charge is 2.33. The zero-order valence-corrected chi connectivity index (χ0v) is 16.4. The van der Waals surface area contributed by atoms with Gasteiger partial charge in [0, 0.05) is 24.4 Å². The van der Waals surface area contributed by atoms with Gasteiger partial charge in [-0.3, -0.25) is 4.79 Å². The highest BCUT2D eigenvalue weighted by atomic mass is 32.1. The molecule has 25 heavy (non-hydrogen) atoms. The second-order valence-electron chi connectivity index (χ2n) is 6.25. The van der Waals surface area contributed by atoms with Crippen molar-refractivity contribution in [2.24, 2.45) is 0 Å². The van der Waals surface area contributed by atoms with Gasteiger partial charge >= 0.3 is 0 Å². The normalized spacial score (nSPS) is 17.2. The van der Waals surface area contributed by atoms with Crippen molar-refractivity contribution in [3.63, 3.8) is 0 Å². The third kappa shape index (κ3) is 4.31. The average molecular weight is 362 g/mol. The molecule has 0 aromatic heterocycles. The lowest BCUT2D eigenvalue weighted by molar-refractivity contribution is -0.127. The number of amides is 1. The molecular formula is C19H27N3O2S. The van der Waals surface area contributed by atoms with Crippen molar-refractivity contribution in [2.45, 2.75) is 46.8 Å². The quantitative estimate of drug-likeness (QED) is 0.763. The molecule has 0 fully saturated rings. The molecule has 5 nitrogen and oxygen atoms in total. The number of likely N-dealkylation sites (N-methyl/N-ethyl adjacent to an activating group) is 1. The Balaban J connectivity index is 2.52. The molecule has 2 rings (SSSR count). The molecule has 1 aliphatic rings. The first-order chi connectivity index (χ1) is 11.9. The molecule has 1 atom stereocenters. The minimum Gasteiger partial charge on any atom is -0.491 e. The highest BCUT2D eigenvalue weighted by Crippen LogP contribution is 2.34. The summed E-state index contributed by atoms with van der Waals surface area (Å²) in [5, 5.41) is 6.84. The number of nitrogens with zero attached hydrogens (tertiary/aromatic N) is 1. The Morgan fingerprint density at radius 3 is 2.52 bits per heavy atom. The van der Waals surface area contributed by atoms with E-state index in [1.54, 1.807) is 0 Å². The van der Waals surface area contributed by atoms with Crippen LogP contribution in [0, 0.1) is 0 Å². The maximum absolute atomic E-state index is 13.1. The Morgan fingerprint density at radius 2 is 1.92 bits per heavy atom. The van der Waals surface area contributed by atoms with Crippen molar-refractivity contribution in [3.05, 3.63) is 41.1 Å². The molecule has 1 amide bonds. The monoisotopic (exact) mass is 361 g/mol. The molecular weight excluding hydrogens is 334 g/mol. The molecule has 0 radical (unpaired) electrons. The van der Waals surface area contributed by atoms with Crippen molar-refractivity contribution in [1.82, 2.24) is 15.5 Å². The lowest BCUT2D eigenvalue weighted by Crippen LogP contribution is -2.47. The van der Waals surface area contributed by atoms with Gasteiger partial charge in [0.25, 0.3) is 5.91 Å². The number of allylic oxidation sites excluding steroid dienone is 1. The summed E-state index contributed by atoms with van der Waals surface area (Å²) in [4.78, 5) is 14.9. The van der Waals surface area contributed by atoms with Crippen LogP contribution in [0.25, 0.3) is 0 Å². The second-order valence-corrected chi connectivity index (χ2v) is 6.66. The molecule has 1 aromatic carbocycles. The van der Waals surface area contributed by atoms with E-state index >= 15 is 0 Å². The Bertz CT molecular complexity index is 681. The van der Waals surface area contributed by atoms with E-state index in [1.807, 2.05) is 63.8 Å². The van der Waals surface area contributed by atoms with Gasteiger partial charge in [-0.2, -0.15) is 0 Å². The molecule has 0 bridgehead atoms. The summed E-state index contributed by atoms with van der Waals surface area (Å²) in [6.07, 6.45) is 0.0434. The molecule has 0 saturated heterocycles. The Labute approximate surface area is 155 Å².